The number of rotatable bonds is 7. The van der Waals surface area contributed by atoms with Crippen LogP contribution in [0.25, 0.3) is 0 Å². The number of piperazine rings is 1. The second-order valence-electron chi connectivity index (χ2n) is 8.70. The first-order valence-corrected chi connectivity index (χ1v) is 11.8. The van der Waals surface area contributed by atoms with Crippen LogP contribution >= 0.6 is 0 Å². The lowest BCUT2D eigenvalue weighted by molar-refractivity contribution is 0.242. The van der Waals surface area contributed by atoms with Gasteiger partial charge in [0.05, 0.1) is 6.54 Å². The van der Waals surface area contributed by atoms with Crippen molar-refractivity contribution in [1.29, 1.82) is 0 Å². The molecule has 1 aromatic rings. The van der Waals surface area contributed by atoms with Crippen LogP contribution < -0.4 is 15.5 Å². The van der Waals surface area contributed by atoms with Crippen molar-refractivity contribution >= 4 is 11.9 Å². The summed E-state index contributed by atoms with van der Waals surface area (Å²) in [5.74, 6) is 1.82. The minimum atomic E-state index is 0.526. The molecule has 166 valence electrons. The van der Waals surface area contributed by atoms with Gasteiger partial charge in [0.25, 0.3) is 0 Å². The van der Waals surface area contributed by atoms with Gasteiger partial charge in [0.1, 0.15) is 0 Å². The van der Waals surface area contributed by atoms with Crippen molar-refractivity contribution in [2.75, 3.05) is 63.8 Å². The summed E-state index contributed by atoms with van der Waals surface area (Å²) in [4.78, 5) is 21.1. The van der Waals surface area contributed by atoms with Crippen LogP contribution in [0.15, 0.2) is 23.5 Å². The van der Waals surface area contributed by atoms with Crippen molar-refractivity contribution in [3.05, 3.63) is 18.5 Å². The maximum Gasteiger partial charge on any atom is 0.225 e. The first-order chi connectivity index (χ1) is 14.8. The van der Waals surface area contributed by atoms with Crippen molar-refractivity contribution in [2.24, 2.45) is 4.99 Å². The summed E-state index contributed by atoms with van der Waals surface area (Å²) in [7, 11) is 0. The quantitative estimate of drug-likeness (QED) is 0.513. The lowest BCUT2D eigenvalue weighted by Gasteiger charge is -2.34. The Morgan fingerprint density at radius 3 is 2.57 bits per heavy atom. The smallest absolute Gasteiger partial charge is 0.225 e. The third-order valence-corrected chi connectivity index (χ3v) is 6.64. The Kier molecular flexibility index (Phi) is 7.75. The number of nitrogens with one attached hydrogen (secondary N) is 2. The average Bonchev–Trinajstić information content (AvgIpc) is 3.47. The number of likely N-dealkylation sites (tertiary alicyclic amines) is 1. The van der Waals surface area contributed by atoms with E-state index in [1.807, 2.05) is 18.5 Å². The molecule has 8 nitrogen and oxygen atoms in total. The van der Waals surface area contributed by atoms with E-state index < -0.39 is 0 Å². The van der Waals surface area contributed by atoms with Crippen LogP contribution in [0.1, 0.15) is 39.0 Å². The molecule has 3 aliphatic rings. The number of nitrogens with zero attached hydrogens (tertiary/aromatic N) is 6. The predicted octanol–water partition coefficient (Wildman–Crippen LogP) is 1.17. The molecule has 2 saturated heterocycles. The molecule has 0 radical (unpaired) electrons. The van der Waals surface area contributed by atoms with Crippen molar-refractivity contribution in [1.82, 2.24) is 30.4 Å². The Bertz CT molecular complexity index is 652. The maximum absolute atomic E-state index is 4.87. The van der Waals surface area contributed by atoms with Crippen LogP contribution in [0.2, 0.25) is 0 Å². The van der Waals surface area contributed by atoms with Gasteiger partial charge in [-0.15, -0.1) is 0 Å². The Morgan fingerprint density at radius 2 is 1.83 bits per heavy atom. The molecule has 8 heteroatoms. The van der Waals surface area contributed by atoms with Gasteiger partial charge < -0.3 is 15.5 Å². The first-order valence-electron chi connectivity index (χ1n) is 11.8. The summed E-state index contributed by atoms with van der Waals surface area (Å²) in [6, 6.07) is 3.22. The molecular formula is C22H38N8. The zero-order valence-corrected chi connectivity index (χ0v) is 18.5. The minimum Gasteiger partial charge on any atom is -0.357 e. The van der Waals surface area contributed by atoms with Gasteiger partial charge in [0.2, 0.25) is 5.95 Å². The van der Waals surface area contributed by atoms with Crippen molar-refractivity contribution in [3.8, 4) is 0 Å². The van der Waals surface area contributed by atoms with E-state index in [9.17, 15) is 0 Å². The molecule has 3 fully saturated rings. The SMILES string of the molecule is CCNC(=NCCN1CCN(c2ncccn2)CC1)NC1CCN(C2CCCC2)C1. The zero-order chi connectivity index (χ0) is 20.6. The summed E-state index contributed by atoms with van der Waals surface area (Å²) in [6.07, 6.45) is 10.5. The van der Waals surface area contributed by atoms with Gasteiger partial charge in [-0.1, -0.05) is 12.8 Å². The van der Waals surface area contributed by atoms with Crippen LogP contribution in [0, 0.1) is 0 Å². The standard InChI is InChI=1S/C22H38N8/c1-2-23-21(27-19-8-12-30(18-19)20-6-3-4-7-20)24-11-13-28-14-16-29(17-15-28)22-25-9-5-10-26-22/h5,9-10,19-20H,2-4,6-8,11-18H2,1H3,(H2,23,24,27). The van der Waals surface area contributed by atoms with Crippen LogP contribution in [0.4, 0.5) is 5.95 Å². The van der Waals surface area contributed by atoms with E-state index in [0.717, 1.165) is 63.8 Å². The number of aliphatic imine (C=N–C) groups is 1. The third-order valence-electron chi connectivity index (χ3n) is 6.64. The molecule has 0 aromatic carbocycles. The molecular weight excluding hydrogens is 376 g/mol. The van der Waals surface area contributed by atoms with E-state index in [1.54, 1.807) is 0 Å². The number of guanidine groups is 1. The maximum atomic E-state index is 4.87. The molecule has 0 bridgehead atoms. The predicted molar refractivity (Wildman–Crippen MR) is 122 cm³/mol. The molecule has 1 aromatic heterocycles. The molecule has 2 aliphatic heterocycles. The topological polar surface area (TPSA) is 71.9 Å². The molecule has 1 aliphatic carbocycles. The summed E-state index contributed by atoms with van der Waals surface area (Å²) >= 11 is 0. The van der Waals surface area contributed by atoms with E-state index in [0.29, 0.717) is 6.04 Å². The molecule has 2 N–H and O–H groups in total. The molecule has 1 saturated carbocycles. The summed E-state index contributed by atoms with van der Waals surface area (Å²) in [5, 5.41) is 7.13. The zero-order valence-electron chi connectivity index (χ0n) is 18.5. The highest BCUT2D eigenvalue weighted by Crippen LogP contribution is 2.26. The first kappa shape index (κ1) is 21.3. The highest BCUT2D eigenvalue weighted by molar-refractivity contribution is 5.80. The molecule has 0 amide bonds. The average molecular weight is 415 g/mol. The lowest BCUT2D eigenvalue weighted by Crippen LogP contribution is -2.48. The van der Waals surface area contributed by atoms with Gasteiger partial charge in [-0.25, -0.2) is 9.97 Å². The second-order valence-corrected chi connectivity index (χ2v) is 8.70. The van der Waals surface area contributed by atoms with Gasteiger partial charge in [0, 0.05) is 76.8 Å². The van der Waals surface area contributed by atoms with E-state index in [2.05, 4.69) is 42.2 Å². The van der Waals surface area contributed by atoms with E-state index >= 15 is 0 Å². The van der Waals surface area contributed by atoms with E-state index in [4.69, 9.17) is 4.99 Å². The Hall–Kier alpha value is -1.93. The summed E-state index contributed by atoms with van der Waals surface area (Å²) in [5.41, 5.74) is 0. The molecule has 1 unspecified atom stereocenters. The van der Waals surface area contributed by atoms with Crippen LogP contribution in [0.5, 0.6) is 0 Å². The highest BCUT2D eigenvalue weighted by Gasteiger charge is 2.30. The number of anilines is 1. The van der Waals surface area contributed by atoms with Gasteiger partial charge in [-0.3, -0.25) is 14.8 Å². The third kappa shape index (κ3) is 5.82. The summed E-state index contributed by atoms with van der Waals surface area (Å²) < 4.78 is 0. The van der Waals surface area contributed by atoms with Crippen LogP contribution in [-0.2, 0) is 0 Å². The van der Waals surface area contributed by atoms with E-state index in [-0.39, 0.29) is 0 Å². The van der Waals surface area contributed by atoms with Crippen molar-refractivity contribution < 1.29 is 0 Å². The van der Waals surface area contributed by atoms with Crippen LogP contribution in [0.3, 0.4) is 0 Å². The normalized spacial score (nSPS) is 24.5. The Morgan fingerprint density at radius 1 is 1.07 bits per heavy atom. The molecule has 3 heterocycles. The number of aromatic nitrogens is 2. The van der Waals surface area contributed by atoms with Crippen LogP contribution in [-0.4, -0.2) is 96.7 Å². The Balaban J connectivity index is 1.19. The molecule has 0 spiro atoms. The fourth-order valence-electron chi connectivity index (χ4n) is 4.95. The minimum absolute atomic E-state index is 0.526. The monoisotopic (exact) mass is 414 g/mol. The van der Waals surface area contributed by atoms with Gasteiger partial charge in [-0.05, 0) is 32.3 Å². The summed E-state index contributed by atoms with van der Waals surface area (Å²) in [6.45, 7) is 11.3. The molecule has 30 heavy (non-hydrogen) atoms. The largest absolute Gasteiger partial charge is 0.357 e. The van der Waals surface area contributed by atoms with E-state index in [1.165, 1.54) is 45.2 Å². The number of hydrogen-bond donors (Lipinski definition) is 2. The Labute approximate surface area is 181 Å². The van der Waals surface area contributed by atoms with Gasteiger partial charge >= 0.3 is 0 Å². The molecule has 4 rings (SSSR count). The fourth-order valence-corrected chi connectivity index (χ4v) is 4.95. The van der Waals surface area contributed by atoms with Gasteiger partial charge in [-0.2, -0.15) is 0 Å². The lowest BCUT2D eigenvalue weighted by atomic mass is 10.2. The van der Waals surface area contributed by atoms with Crippen molar-refractivity contribution in [3.63, 3.8) is 0 Å². The highest BCUT2D eigenvalue weighted by atomic mass is 15.3. The number of hydrogen-bond acceptors (Lipinski definition) is 6. The van der Waals surface area contributed by atoms with Gasteiger partial charge in [0.15, 0.2) is 5.96 Å². The second kappa shape index (κ2) is 10.9. The fraction of sp³-hybridized carbons (Fsp3) is 0.773. The molecule has 1 atom stereocenters. The van der Waals surface area contributed by atoms with Crippen molar-refractivity contribution in [2.45, 2.75) is 51.1 Å².